The third-order valence-corrected chi connectivity index (χ3v) is 4.45. The number of amides is 1. The van der Waals surface area contributed by atoms with E-state index in [1.165, 1.54) is 6.20 Å². The summed E-state index contributed by atoms with van der Waals surface area (Å²) in [4.78, 5) is 24.9. The lowest BCUT2D eigenvalue weighted by Crippen LogP contribution is -2.16. The van der Waals surface area contributed by atoms with Crippen LogP contribution in [0.5, 0.6) is 0 Å². The maximum absolute atomic E-state index is 12.6. The van der Waals surface area contributed by atoms with Gasteiger partial charge >= 0.3 is 5.97 Å². The zero-order chi connectivity index (χ0) is 21.9. The number of nitrogens with one attached hydrogen (secondary N) is 2. The fourth-order valence-electron chi connectivity index (χ4n) is 2.78. The van der Waals surface area contributed by atoms with Crippen LogP contribution in [0.15, 0.2) is 60.3 Å². The van der Waals surface area contributed by atoms with E-state index in [2.05, 4.69) is 10.6 Å². The number of carbonyl (C=O) groups excluding carboxylic acids is 2. The van der Waals surface area contributed by atoms with Gasteiger partial charge in [0.25, 0.3) is 5.91 Å². The average Bonchev–Trinajstić information content (AvgIpc) is 2.74. The summed E-state index contributed by atoms with van der Waals surface area (Å²) in [5.74, 6) is -0.755. The van der Waals surface area contributed by atoms with Gasteiger partial charge in [-0.2, -0.15) is 5.26 Å². The van der Waals surface area contributed by atoms with Gasteiger partial charge in [-0.05, 0) is 36.1 Å². The number of nitriles is 1. The summed E-state index contributed by atoms with van der Waals surface area (Å²) in [6, 6.07) is 16.2. The lowest BCUT2D eigenvalue weighted by molar-refractivity contribution is -0.112. The number of anilines is 2. The molecule has 6 nitrogen and oxygen atoms in total. The molecule has 2 rings (SSSR count). The van der Waals surface area contributed by atoms with Crippen LogP contribution >= 0.6 is 0 Å². The average molecular weight is 405 g/mol. The summed E-state index contributed by atoms with van der Waals surface area (Å²) in [7, 11) is 0. The summed E-state index contributed by atoms with van der Waals surface area (Å²) in [6.45, 7) is 6.43. The van der Waals surface area contributed by atoms with E-state index in [0.29, 0.717) is 23.5 Å². The van der Waals surface area contributed by atoms with Crippen molar-refractivity contribution in [3.8, 4) is 6.07 Å². The van der Waals surface area contributed by atoms with Crippen molar-refractivity contribution in [3.63, 3.8) is 0 Å². The van der Waals surface area contributed by atoms with Gasteiger partial charge in [-0.3, -0.25) is 4.79 Å². The van der Waals surface area contributed by atoms with Gasteiger partial charge in [0.15, 0.2) is 0 Å². The zero-order valence-electron chi connectivity index (χ0n) is 17.6. The van der Waals surface area contributed by atoms with Crippen LogP contribution in [0.2, 0.25) is 0 Å². The first kappa shape index (κ1) is 22.7. The Kier molecular flexibility index (Phi) is 8.64. The topological polar surface area (TPSA) is 91.2 Å². The van der Waals surface area contributed by atoms with Gasteiger partial charge in [0.05, 0.1) is 17.9 Å². The lowest BCUT2D eigenvalue weighted by Gasteiger charge is -2.13. The Bertz CT molecular complexity index is 958. The standard InChI is InChI=1S/C24H27N3O3/c1-4-5-14-30-24(29)20-11-7-8-12-21(20)26-16-18(15-25)23(28)27-22-13-9-6-10-19(22)17(2)3/h6-13,16-17,26H,4-5,14H2,1-3H3,(H,27,28)/b18-16-. The fourth-order valence-corrected chi connectivity index (χ4v) is 2.78. The highest BCUT2D eigenvalue weighted by molar-refractivity contribution is 6.07. The first-order chi connectivity index (χ1) is 14.5. The molecular formula is C24H27N3O3. The van der Waals surface area contributed by atoms with Crippen molar-refractivity contribution in [2.75, 3.05) is 17.2 Å². The van der Waals surface area contributed by atoms with Crippen LogP contribution in [0.4, 0.5) is 11.4 Å². The first-order valence-electron chi connectivity index (χ1n) is 10.0. The molecule has 0 atom stereocenters. The quantitative estimate of drug-likeness (QED) is 0.258. The molecule has 0 saturated heterocycles. The Labute approximate surface area is 177 Å². The van der Waals surface area contributed by atoms with Gasteiger partial charge in [-0.25, -0.2) is 4.79 Å². The molecule has 0 aromatic heterocycles. The number of unbranched alkanes of at least 4 members (excludes halogenated alkanes) is 1. The van der Waals surface area contributed by atoms with Gasteiger partial charge in [0.2, 0.25) is 0 Å². The molecule has 0 spiro atoms. The summed E-state index contributed by atoms with van der Waals surface area (Å²) in [5.41, 5.74) is 2.34. The van der Waals surface area contributed by atoms with Crippen LogP contribution in [-0.4, -0.2) is 18.5 Å². The van der Waals surface area contributed by atoms with Crippen LogP contribution in [0.25, 0.3) is 0 Å². The number of hydrogen-bond acceptors (Lipinski definition) is 5. The Balaban J connectivity index is 2.16. The number of hydrogen-bond donors (Lipinski definition) is 2. The Morgan fingerprint density at radius 1 is 1.10 bits per heavy atom. The van der Waals surface area contributed by atoms with E-state index in [1.54, 1.807) is 30.3 Å². The van der Waals surface area contributed by atoms with E-state index in [0.717, 1.165) is 18.4 Å². The maximum Gasteiger partial charge on any atom is 0.340 e. The van der Waals surface area contributed by atoms with E-state index < -0.39 is 11.9 Å². The number of benzene rings is 2. The smallest absolute Gasteiger partial charge is 0.340 e. The minimum absolute atomic E-state index is 0.109. The molecular weight excluding hydrogens is 378 g/mol. The van der Waals surface area contributed by atoms with E-state index in [1.807, 2.05) is 45.0 Å². The number of rotatable bonds is 9. The lowest BCUT2D eigenvalue weighted by atomic mass is 10.0. The third kappa shape index (κ3) is 6.21. The molecule has 30 heavy (non-hydrogen) atoms. The van der Waals surface area contributed by atoms with Gasteiger partial charge in [-0.1, -0.05) is 57.5 Å². The van der Waals surface area contributed by atoms with Crippen LogP contribution in [0, 0.1) is 11.3 Å². The summed E-state index contributed by atoms with van der Waals surface area (Å²) in [5, 5.41) is 15.1. The molecule has 1 amide bonds. The molecule has 0 radical (unpaired) electrons. The minimum atomic E-state index is -0.527. The number of para-hydroxylation sites is 2. The summed E-state index contributed by atoms with van der Waals surface area (Å²) >= 11 is 0. The molecule has 0 aliphatic rings. The first-order valence-corrected chi connectivity index (χ1v) is 10.0. The van der Waals surface area contributed by atoms with Crippen molar-refractivity contribution in [1.29, 1.82) is 5.26 Å². The largest absolute Gasteiger partial charge is 0.462 e. The van der Waals surface area contributed by atoms with Crippen molar-refractivity contribution >= 4 is 23.3 Å². The second-order valence-electron chi connectivity index (χ2n) is 7.05. The molecule has 0 heterocycles. The van der Waals surface area contributed by atoms with Crippen LogP contribution in [0.1, 0.15) is 55.5 Å². The number of esters is 1. The molecule has 156 valence electrons. The zero-order valence-corrected chi connectivity index (χ0v) is 17.6. The summed E-state index contributed by atoms with van der Waals surface area (Å²) in [6.07, 6.45) is 3.01. The highest BCUT2D eigenvalue weighted by Crippen LogP contribution is 2.24. The molecule has 2 aromatic rings. The van der Waals surface area contributed by atoms with Crippen molar-refractivity contribution in [2.45, 2.75) is 39.5 Å². The van der Waals surface area contributed by atoms with E-state index in [9.17, 15) is 14.9 Å². The molecule has 0 aliphatic carbocycles. The van der Waals surface area contributed by atoms with E-state index in [4.69, 9.17) is 4.74 Å². The van der Waals surface area contributed by atoms with Crippen LogP contribution in [-0.2, 0) is 9.53 Å². The molecule has 2 aromatic carbocycles. The van der Waals surface area contributed by atoms with Gasteiger partial charge in [0.1, 0.15) is 11.6 Å². The maximum atomic E-state index is 12.6. The molecule has 0 unspecified atom stereocenters. The van der Waals surface area contributed by atoms with Crippen LogP contribution < -0.4 is 10.6 Å². The normalized spacial score (nSPS) is 11.0. The number of ether oxygens (including phenoxy) is 1. The SMILES string of the molecule is CCCCOC(=O)c1ccccc1N/C=C(/C#N)C(=O)Nc1ccccc1C(C)C. The Morgan fingerprint density at radius 2 is 1.77 bits per heavy atom. The molecule has 2 N–H and O–H groups in total. The number of nitrogens with zero attached hydrogens (tertiary/aromatic N) is 1. The van der Waals surface area contributed by atoms with Gasteiger partial charge < -0.3 is 15.4 Å². The fraction of sp³-hybridized carbons (Fsp3) is 0.292. The monoisotopic (exact) mass is 405 g/mol. The minimum Gasteiger partial charge on any atom is -0.462 e. The van der Waals surface area contributed by atoms with Crippen LogP contribution in [0.3, 0.4) is 0 Å². The highest BCUT2D eigenvalue weighted by atomic mass is 16.5. The molecule has 0 saturated carbocycles. The van der Waals surface area contributed by atoms with E-state index >= 15 is 0 Å². The van der Waals surface area contributed by atoms with Crippen molar-refractivity contribution in [1.82, 2.24) is 0 Å². The Hall–Kier alpha value is -3.59. The summed E-state index contributed by atoms with van der Waals surface area (Å²) < 4.78 is 5.26. The molecule has 0 bridgehead atoms. The predicted molar refractivity (Wildman–Crippen MR) is 118 cm³/mol. The molecule has 6 heteroatoms. The molecule has 0 aliphatic heterocycles. The van der Waals surface area contributed by atoms with E-state index in [-0.39, 0.29) is 11.5 Å². The highest BCUT2D eigenvalue weighted by Gasteiger charge is 2.15. The number of carbonyl (C=O) groups is 2. The molecule has 0 fully saturated rings. The second-order valence-corrected chi connectivity index (χ2v) is 7.05. The van der Waals surface area contributed by atoms with Crippen molar-refractivity contribution < 1.29 is 14.3 Å². The third-order valence-electron chi connectivity index (χ3n) is 4.45. The Morgan fingerprint density at radius 3 is 2.43 bits per heavy atom. The van der Waals surface area contributed by atoms with Gasteiger partial charge in [-0.15, -0.1) is 0 Å². The second kappa shape index (κ2) is 11.4. The predicted octanol–water partition coefficient (Wildman–Crippen LogP) is 5.22. The van der Waals surface area contributed by atoms with Crippen molar-refractivity contribution in [3.05, 3.63) is 71.4 Å². The van der Waals surface area contributed by atoms with Gasteiger partial charge in [0, 0.05) is 11.9 Å². The van der Waals surface area contributed by atoms with Crippen molar-refractivity contribution in [2.24, 2.45) is 0 Å².